The SMILES string of the molecule is CCCCNC(=O)[C@@H](Cc1ccccc1)N(Cc1ccc(Br)cc1)C(=O)CN(c1ccc([N+](=O)[O-])cc1)S(=O)(=O)c1ccccc1. The number of anilines is 1. The predicted molar refractivity (Wildman–Crippen MR) is 181 cm³/mol. The first-order valence-electron chi connectivity index (χ1n) is 14.8. The average molecular weight is 708 g/mol. The van der Waals surface area contributed by atoms with Gasteiger partial charge in [0.1, 0.15) is 12.6 Å². The van der Waals surface area contributed by atoms with Gasteiger partial charge < -0.3 is 10.2 Å². The number of rotatable bonds is 15. The molecule has 0 unspecified atom stereocenters. The number of amides is 2. The van der Waals surface area contributed by atoms with Crippen LogP contribution >= 0.6 is 15.9 Å². The molecule has 0 fully saturated rings. The smallest absolute Gasteiger partial charge is 0.269 e. The number of hydrogen-bond donors (Lipinski definition) is 1. The topological polar surface area (TPSA) is 130 Å². The van der Waals surface area contributed by atoms with Gasteiger partial charge in [0.2, 0.25) is 11.8 Å². The third-order valence-corrected chi connectivity index (χ3v) is 9.64. The molecule has 0 spiro atoms. The fourth-order valence-electron chi connectivity index (χ4n) is 4.84. The lowest BCUT2D eigenvalue weighted by atomic mass is 10.0. The Morgan fingerprint density at radius 3 is 2.07 bits per heavy atom. The molecule has 0 aliphatic heterocycles. The molecule has 0 aromatic heterocycles. The van der Waals surface area contributed by atoms with Crippen LogP contribution in [0.1, 0.15) is 30.9 Å². The minimum absolute atomic E-state index is 0.0320. The maximum Gasteiger partial charge on any atom is 0.269 e. The van der Waals surface area contributed by atoms with E-state index in [1.165, 1.54) is 41.3 Å². The van der Waals surface area contributed by atoms with Crippen molar-refractivity contribution in [3.63, 3.8) is 0 Å². The molecule has 4 aromatic rings. The first kappa shape index (κ1) is 34.3. The summed E-state index contributed by atoms with van der Waals surface area (Å²) in [4.78, 5) is 40.3. The Kier molecular flexibility index (Phi) is 12.0. The maximum absolute atomic E-state index is 14.4. The van der Waals surface area contributed by atoms with Crippen LogP contribution in [0.5, 0.6) is 0 Å². The molecule has 4 rings (SSSR count). The molecule has 12 heteroatoms. The van der Waals surface area contributed by atoms with E-state index in [-0.39, 0.29) is 35.1 Å². The van der Waals surface area contributed by atoms with Crippen molar-refractivity contribution in [2.75, 3.05) is 17.4 Å². The highest BCUT2D eigenvalue weighted by Gasteiger charge is 2.34. The summed E-state index contributed by atoms with van der Waals surface area (Å²) in [6.45, 7) is 1.82. The molecule has 2 amide bonds. The van der Waals surface area contributed by atoms with Gasteiger partial charge in [-0.3, -0.25) is 24.0 Å². The van der Waals surface area contributed by atoms with E-state index in [4.69, 9.17) is 0 Å². The third kappa shape index (κ3) is 9.01. The number of nitrogens with one attached hydrogen (secondary N) is 1. The van der Waals surface area contributed by atoms with E-state index in [1.807, 2.05) is 61.5 Å². The standard InChI is InChI=1S/C34H35BrN4O6S/c1-2-3-22-36-34(41)32(23-26-10-6-4-7-11-26)37(24-27-14-16-28(35)17-15-27)33(40)25-38(29-18-20-30(21-19-29)39(42)43)46(44,45)31-12-8-5-9-13-31/h4-21,32H,2-3,22-25H2,1H3,(H,36,41)/t32-/m1/s1. The molecule has 0 aliphatic carbocycles. The fraction of sp³-hybridized carbons (Fsp3) is 0.235. The van der Waals surface area contributed by atoms with Crippen LogP contribution in [-0.2, 0) is 32.6 Å². The number of halogens is 1. The van der Waals surface area contributed by atoms with Crippen LogP contribution < -0.4 is 9.62 Å². The maximum atomic E-state index is 14.4. The summed E-state index contributed by atoms with van der Waals surface area (Å²) in [7, 11) is -4.31. The number of nitrogens with zero attached hydrogens (tertiary/aromatic N) is 3. The van der Waals surface area contributed by atoms with Crippen LogP contribution in [0.2, 0.25) is 0 Å². The van der Waals surface area contributed by atoms with Crippen LogP contribution in [0.15, 0.2) is 119 Å². The number of non-ortho nitro benzene ring substituents is 1. The van der Waals surface area contributed by atoms with Crippen LogP contribution in [0, 0.1) is 10.1 Å². The summed E-state index contributed by atoms with van der Waals surface area (Å²) in [6.07, 6.45) is 1.82. The second-order valence-corrected chi connectivity index (χ2v) is 13.4. The minimum atomic E-state index is -4.31. The number of nitro benzene ring substituents is 1. The molecule has 0 radical (unpaired) electrons. The largest absolute Gasteiger partial charge is 0.354 e. The van der Waals surface area contributed by atoms with Crippen LogP contribution in [0.25, 0.3) is 0 Å². The molecule has 0 aliphatic rings. The molecule has 1 N–H and O–H groups in total. The second kappa shape index (κ2) is 16.1. The van der Waals surface area contributed by atoms with Crippen molar-refractivity contribution in [2.45, 2.75) is 43.7 Å². The van der Waals surface area contributed by atoms with Gasteiger partial charge in [-0.1, -0.05) is 89.9 Å². The number of nitro groups is 1. The van der Waals surface area contributed by atoms with E-state index < -0.39 is 33.4 Å². The summed E-state index contributed by atoms with van der Waals surface area (Å²) in [6, 6.07) is 28.3. The van der Waals surface area contributed by atoms with E-state index in [9.17, 15) is 28.1 Å². The molecule has 0 saturated carbocycles. The van der Waals surface area contributed by atoms with Gasteiger partial charge in [-0.15, -0.1) is 0 Å². The van der Waals surface area contributed by atoms with E-state index in [2.05, 4.69) is 21.2 Å². The first-order chi connectivity index (χ1) is 22.1. The number of sulfonamides is 1. The number of carbonyl (C=O) groups excluding carboxylic acids is 2. The molecule has 1 atom stereocenters. The summed E-state index contributed by atoms with van der Waals surface area (Å²) in [5, 5.41) is 14.3. The van der Waals surface area contributed by atoms with Gasteiger partial charge in [0.15, 0.2) is 0 Å². The van der Waals surface area contributed by atoms with Crippen molar-refractivity contribution in [2.24, 2.45) is 0 Å². The highest BCUT2D eigenvalue weighted by Crippen LogP contribution is 2.27. The van der Waals surface area contributed by atoms with Crippen molar-refractivity contribution in [3.8, 4) is 0 Å². The quantitative estimate of drug-likeness (QED) is 0.0902. The fourth-order valence-corrected chi connectivity index (χ4v) is 6.54. The summed E-state index contributed by atoms with van der Waals surface area (Å²) in [5.41, 5.74) is 1.41. The highest BCUT2D eigenvalue weighted by molar-refractivity contribution is 9.10. The molecule has 240 valence electrons. The van der Waals surface area contributed by atoms with E-state index in [1.54, 1.807) is 18.2 Å². The molecule has 0 saturated heterocycles. The Morgan fingerprint density at radius 2 is 1.48 bits per heavy atom. The normalized spacial score (nSPS) is 11.8. The lowest BCUT2D eigenvalue weighted by Crippen LogP contribution is -2.53. The van der Waals surface area contributed by atoms with Gasteiger partial charge in [0.05, 0.1) is 15.5 Å². The van der Waals surface area contributed by atoms with Gasteiger partial charge in [-0.25, -0.2) is 8.42 Å². The van der Waals surface area contributed by atoms with Gasteiger partial charge >= 0.3 is 0 Å². The summed E-state index contributed by atoms with van der Waals surface area (Å²) >= 11 is 3.43. The van der Waals surface area contributed by atoms with Gasteiger partial charge in [0, 0.05) is 36.1 Å². The Bertz CT molecular complexity index is 1720. The Hall–Kier alpha value is -4.55. The molecule has 0 heterocycles. The summed E-state index contributed by atoms with van der Waals surface area (Å²) in [5.74, 6) is -0.970. The highest BCUT2D eigenvalue weighted by atomic mass is 79.9. The number of carbonyl (C=O) groups is 2. The molecule has 4 aromatic carbocycles. The molecular formula is C34H35BrN4O6S. The van der Waals surface area contributed by atoms with E-state index in [0.717, 1.165) is 32.7 Å². The van der Waals surface area contributed by atoms with Crippen LogP contribution in [-0.4, -0.2) is 49.2 Å². The van der Waals surface area contributed by atoms with Crippen LogP contribution in [0.3, 0.4) is 0 Å². The van der Waals surface area contributed by atoms with Gasteiger partial charge in [-0.05, 0) is 53.9 Å². The first-order valence-corrected chi connectivity index (χ1v) is 17.0. The van der Waals surface area contributed by atoms with E-state index in [0.29, 0.717) is 6.54 Å². The second-order valence-electron chi connectivity index (χ2n) is 10.6. The number of unbranched alkanes of at least 4 members (excludes halogenated alkanes) is 1. The average Bonchev–Trinajstić information content (AvgIpc) is 3.07. The lowest BCUT2D eigenvalue weighted by molar-refractivity contribution is -0.384. The van der Waals surface area contributed by atoms with E-state index >= 15 is 0 Å². The zero-order valence-corrected chi connectivity index (χ0v) is 27.7. The lowest BCUT2D eigenvalue weighted by Gasteiger charge is -2.34. The Morgan fingerprint density at radius 1 is 0.870 bits per heavy atom. The van der Waals surface area contributed by atoms with Gasteiger partial charge in [0.25, 0.3) is 15.7 Å². The molecule has 0 bridgehead atoms. The van der Waals surface area contributed by atoms with Crippen LogP contribution in [0.4, 0.5) is 11.4 Å². The zero-order valence-electron chi connectivity index (χ0n) is 25.3. The molecule has 46 heavy (non-hydrogen) atoms. The monoisotopic (exact) mass is 706 g/mol. The third-order valence-electron chi connectivity index (χ3n) is 7.33. The van der Waals surface area contributed by atoms with Crippen molar-refractivity contribution in [3.05, 3.63) is 135 Å². The van der Waals surface area contributed by atoms with Crippen molar-refractivity contribution < 1.29 is 22.9 Å². The predicted octanol–water partition coefficient (Wildman–Crippen LogP) is 6.11. The number of hydrogen-bond acceptors (Lipinski definition) is 6. The van der Waals surface area contributed by atoms with Crippen molar-refractivity contribution in [1.29, 1.82) is 0 Å². The van der Waals surface area contributed by atoms with Gasteiger partial charge in [-0.2, -0.15) is 0 Å². The number of benzene rings is 4. The Labute approximate surface area is 277 Å². The minimum Gasteiger partial charge on any atom is -0.354 e. The summed E-state index contributed by atoms with van der Waals surface area (Å²) < 4.78 is 29.8. The molecule has 10 nitrogen and oxygen atoms in total. The van der Waals surface area contributed by atoms with Crippen molar-refractivity contribution >= 4 is 49.1 Å². The Balaban J connectivity index is 1.79. The van der Waals surface area contributed by atoms with Crippen molar-refractivity contribution in [1.82, 2.24) is 10.2 Å². The zero-order chi connectivity index (χ0) is 33.1. The molecular weight excluding hydrogens is 672 g/mol.